The molecule has 1 aliphatic carbocycles. The molecule has 1 rings (SSSR count). The van der Waals surface area contributed by atoms with Crippen molar-refractivity contribution in [1.82, 2.24) is 0 Å². The summed E-state index contributed by atoms with van der Waals surface area (Å²) in [6.07, 6.45) is 6.98. The van der Waals surface area contributed by atoms with E-state index in [2.05, 4.69) is 0 Å². The van der Waals surface area contributed by atoms with E-state index in [1.807, 2.05) is 0 Å². The normalized spacial score (nSPS) is 21.9. The molecular weight excluding hydrogens is 183 g/mol. The molecule has 3 heteroatoms. The van der Waals surface area contributed by atoms with E-state index in [0.29, 0.717) is 0 Å². The van der Waals surface area contributed by atoms with Crippen molar-refractivity contribution in [1.29, 1.82) is 0 Å². The molecule has 0 saturated heterocycles. The first kappa shape index (κ1) is 8.89. The third-order valence-corrected chi connectivity index (χ3v) is 4.33. The maximum Gasteiger partial charge on any atom is 0.237 e. The summed E-state index contributed by atoms with van der Waals surface area (Å²) in [5.74, 6) is 0.875. The Bertz CT molecular complexity index is 89.6. The van der Waals surface area contributed by atoms with Gasteiger partial charge in [-0.15, -0.1) is 0 Å². The Hall–Kier alpha value is 0.797. The highest BCUT2D eigenvalue weighted by Gasteiger charge is 2.16. The topological polar surface area (TPSA) is 0 Å². The molecule has 1 aliphatic rings. The van der Waals surface area contributed by atoms with Crippen molar-refractivity contribution < 1.29 is 0 Å². The lowest BCUT2D eigenvalue weighted by Gasteiger charge is -2.20. The molecule has 0 radical (unpaired) electrons. The van der Waals surface area contributed by atoms with Crippen LogP contribution in [0.2, 0.25) is 6.04 Å². The molecule has 0 atom stereocenters. The van der Waals surface area contributed by atoms with Crippen molar-refractivity contribution in [3.63, 3.8) is 0 Å². The molecule has 0 aromatic heterocycles. The number of rotatable bonds is 2. The van der Waals surface area contributed by atoms with E-state index in [-0.39, 0.29) is 0 Å². The Morgan fingerprint density at radius 3 is 2.20 bits per heavy atom. The van der Waals surface area contributed by atoms with Gasteiger partial charge in [0.1, 0.15) is 0 Å². The molecule has 0 aromatic rings. The van der Waals surface area contributed by atoms with Crippen LogP contribution >= 0.6 is 22.2 Å². The van der Waals surface area contributed by atoms with E-state index in [1.54, 1.807) is 0 Å². The fourth-order valence-corrected chi connectivity index (χ4v) is 4.16. The number of halogens is 2. The quantitative estimate of drug-likeness (QED) is 0.470. The lowest BCUT2D eigenvalue weighted by atomic mass is 9.91. The van der Waals surface area contributed by atoms with Crippen LogP contribution in [0.4, 0.5) is 0 Å². The minimum atomic E-state index is -1.30. The van der Waals surface area contributed by atoms with Gasteiger partial charge in [-0.3, -0.25) is 0 Å². The molecular formula is C7H14Cl2Si. The Morgan fingerprint density at radius 1 is 1.10 bits per heavy atom. The summed E-state index contributed by atoms with van der Waals surface area (Å²) in [4.78, 5) is 0. The minimum Gasteiger partial charge on any atom is -0.150 e. The van der Waals surface area contributed by atoms with Gasteiger partial charge in [0, 0.05) is 0 Å². The van der Waals surface area contributed by atoms with Crippen LogP contribution < -0.4 is 0 Å². The third kappa shape index (κ3) is 3.27. The Kier molecular flexibility index (Phi) is 4.12. The van der Waals surface area contributed by atoms with E-state index in [4.69, 9.17) is 22.2 Å². The van der Waals surface area contributed by atoms with E-state index >= 15 is 0 Å². The van der Waals surface area contributed by atoms with Gasteiger partial charge in [-0.25, -0.2) is 0 Å². The largest absolute Gasteiger partial charge is 0.237 e. The molecule has 1 fully saturated rings. The first-order chi connectivity index (χ1) is 4.79. The molecule has 0 nitrogen and oxygen atoms in total. The fraction of sp³-hybridized carbons (Fsp3) is 1.00. The average Bonchev–Trinajstić information content (AvgIpc) is 1.88. The SMILES string of the molecule is Cl[SiH](Cl)CC1CCCCC1. The smallest absolute Gasteiger partial charge is 0.150 e. The van der Waals surface area contributed by atoms with E-state index < -0.39 is 7.42 Å². The lowest BCUT2D eigenvalue weighted by molar-refractivity contribution is 0.385. The van der Waals surface area contributed by atoms with Gasteiger partial charge in [0.05, 0.1) is 0 Å². The van der Waals surface area contributed by atoms with E-state index in [0.717, 1.165) is 12.0 Å². The molecule has 0 heterocycles. The zero-order chi connectivity index (χ0) is 7.40. The first-order valence-electron chi connectivity index (χ1n) is 4.07. The van der Waals surface area contributed by atoms with Gasteiger partial charge in [-0.1, -0.05) is 32.1 Å². The Morgan fingerprint density at radius 2 is 1.70 bits per heavy atom. The molecule has 0 unspecified atom stereocenters. The molecule has 1 saturated carbocycles. The number of hydrogen-bond acceptors (Lipinski definition) is 0. The summed E-state index contributed by atoms with van der Waals surface area (Å²) in [6.45, 7) is 0. The minimum absolute atomic E-state index is 0.875. The van der Waals surface area contributed by atoms with Crippen molar-refractivity contribution in [2.45, 2.75) is 38.1 Å². The predicted octanol–water partition coefficient (Wildman–Crippen LogP) is 3.26. The van der Waals surface area contributed by atoms with E-state index in [1.165, 1.54) is 32.1 Å². The second kappa shape index (κ2) is 4.63. The average molecular weight is 197 g/mol. The van der Waals surface area contributed by atoms with Crippen LogP contribution in [0.1, 0.15) is 32.1 Å². The maximum absolute atomic E-state index is 5.82. The molecule has 0 N–H and O–H groups in total. The Labute approximate surface area is 73.9 Å². The van der Waals surface area contributed by atoms with Gasteiger partial charge in [-0.2, -0.15) is 22.2 Å². The highest BCUT2D eigenvalue weighted by atomic mass is 35.7. The maximum atomic E-state index is 5.82. The fourth-order valence-electron chi connectivity index (χ4n) is 1.67. The van der Waals surface area contributed by atoms with Crippen LogP contribution in [-0.4, -0.2) is 7.42 Å². The molecule has 0 spiro atoms. The van der Waals surface area contributed by atoms with Gasteiger partial charge < -0.3 is 0 Å². The van der Waals surface area contributed by atoms with Crippen LogP contribution in [0.25, 0.3) is 0 Å². The predicted molar refractivity (Wildman–Crippen MR) is 50.2 cm³/mol. The van der Waals surface area contributed by atoms with Crippen LogP contribution in [0.3, 0.4) is 0 Å². The summed E-state index contributed by atoms with van der Waals surface area (Å²) in [5, 5.41) is 0. The lowest BCUT2D eigenvalue weighted by Crippen LogP contribution is -2.10. The van der Waals surface area contributed by atoms with Crippen molar-refractivity contribution in [2.24, 2.45) is 5.92 Å². The summed E-state index contributed by atoms with van der Waals surface area (Å²) in [5.41, 5.74) is 0. The van der Waals surface area contributed by atoms with Gasteiger partial charge in [-0.05, 0) is 12.0 Å². The molecule has 0 aliphatic heterocycles. The van der Waals surface area contributed by atoms with E-state index in [9.17, 15) is 0 Å². The van der Waals surface area contributed by atoms with Gasteiger partial charge >= 0.3 is 0 Å². The molecule has 0 bridgehead atoms. The molecule has 10 heavy (non-hydrogen) atoms. The summed E-state index contributed by atoms with van der Waals surface area (Å²) in [6, 6.07) is 1.14. The first-order valence-corrected chi connectivity index (χ1v) is 8.38. The van der Waals surface area contributed by atoms with Crippen LogP contribution in [0.15, 0.2) is 0 Å². The van der Waals surface area contributed by atoms with Gasteiger partial charge in [0.2, 0.25) is 7.42 Å². The van der Waals surface area contributed by atoms with Crippen molar-refractivity contribution in [3.05, 3.63) is 0 Å². The second-order valence-electron chi connectivity index (χ2n) is 3.13. The number of hydrogen-bond donors (Lipinski definition) is 0. The van der Waals surface area contributed by atoms with Crippen LogP contribution in [-0.2, 0) is 0 Å². The molecule has 60 valence electrons. The zero-order valence-corrected chi connectivity index (χ0v) is 8.82. The van der Waals surface area contributed by atoms with Gasteiger partial charge in [0.25, 0.3) is 0 Å². The molecule has 0 amide bonds. The highest BCUT2D eigenvalue weighted by Crippen LogP contribution is 2.28. The van der Waals surface area contributed by atoms with Gasteiger partial charge in [0.15, 0.2) is 0 Å². The standard InChI is InChI=1S/C7H14Cl2Si/c8-10(9)6-7-4-2-1-3-5-7/h7,10H,1-6H2. The Balaban J connectivity index is 2.13. The van der Waals surface area contributed by atoms with Crippen molar-refractivity contribution in [2.75, 3.05) is 0 Å². The summed E-state index contributed by atoms with van der Waals surface area (Å²) >= 11 is 11.6. The molecule has 0 aromatic carbocycles. The summed E-state index contributed by atoms with van der Waals surface area (Å²) in [7, 11) is -1.30. The van der Waals surface area contributed by atoms with Crippen LogP contribution in [0, 0.1) is 5.92 Å². The highest BCUT2D eigenvalue weighted by molar-refractivity contribution is 7.33. The summed E-state index contributed by atoms with van der Waals surface area (Å²) < 4.78 is 0. The van der Waals surface area contributed by atoms with Crippen LogP contribution in [0.5, 0.6) is 0 Å². The second-order valence-corrected chi connectivity index (χ2v) is 8.22. The zero-order valence-electron chi connectivity index (χ0n) is 6.15. The third-order valence-electron chi connectivity index (χ3n) is 2.24. The van der Waals surface area contributed by atoms with Crippen molar-refractivity contribution in [3.8, 4) is 0 Å². The van der Waals surface area contributed by atoms with Crippen molar-refractivity contribution >= 4 is 29.6 Å². The monoisotopic (exact) mass is 196 g/mol.